The summed E-state index contributed by atoms with van der Waals surface area (Å²) in [6, 6.07) is 8.92. The molecule has 2 aliphatic rings. The number of likely N-dealkylation sites (tertiary alicyclic amines) is 1. The number of hydrogen-bond acceptors (Lipinski definition) is 3. The van der Waals surface area contributed by atoms with E-state index in [1.54, 1.807) is 0 Å². The molecule has 1 atom stereocenters. The van der Waals surface area contributed by atoms with Crippen LogP contribution in [0.3, 0.4) is 0 Å². The van der Waals surface area contributed by atoms with Crippen molar-refractivity contribution in [2.24, 2.45) is 0 Å². The lowest BCUT2D eigenvalue weighted by molar-refractivity contribution is 0.0933. The number of rotatable bonds is 6. The van der Waals surface area contributed by atoms with Crippen LogP contribution in [0, 0.1) is 0 Å². The number of carbonyl (C=O) groups is 1. The fourth-order valence-corrected chi connectivity index (χ4v) is 4.31. The summed E-state index contributed by atoms with van der Waals surface area (Å²) >= 11 is 0. The van der Waals surface area contributed by atoms with E-state index in [1.165, 1.54) is 32.2 Å². The highest BCUT2D eigenvalue weighted by molar-refractivity contribution is 5.98. The van der Waals surface area contributed by atoms with Crippen molar-refractivity contribution in [3.8, 4) is 5.75 Å². The Labute approximate surface area is 155 Å². The minimum atomic E-state index is -0.000149. The molecule has 0 spiro atoms. The summed E-state index contributed by atoms with van der Waals surface area (Å²) in [5.74, 6) is 0.875. The van der Waals surface area contributed by atoms with Gasteiger partial charge in [-0.1, -0.05) is 12.8 Å². The average Bonchev–Trinajstić information content (AvgIpc) is 3.36. The number of carbonyl (C=O) groups excluding carboxylic acids is 1. The number of amides is 1. The van der Waals surface area contributed by atoms with Crippen molar-refractivity contribution in [1.82, 2.24) is 15.2 Å². The first kappa shape index (κ1) is 17.4. The molecule has 1 unspecified atom stereocenters. The van der Waals surface area contributed by atoms with E-state index < -0.39 is 0 Å². The van der Waals surface area contributed by atoms with E-state index in [9.17, 15) is 4.79 Å². The molecule has 1 aromatic heterocycles. The quantitative estimate of drug-likeness (QED) is 0.831. The van der Waals surface area contributed by atoms with E-state index in [4.69, 9.17) is 4.74 Å². The fourth-order valence-electron chi connectivity index (χ4n) is 4.31. The van der Waals surface area contributed by atoms with Crippen LogP contribution in [-0.4, -0.2) is 48.1 Å². The van der Waals surface area contributed by atoms with E-state index >= 15 is 0 Å². The normalized spacial score (nSPS) is 21.5. The molecule has 5 nitrogen and oxygen atoms in total. The van der Waals surface area contributed by atoms with E-state index in [0.717, 1.165) is 42.5 Å². The van der Waals surface area contributed by atoms with Crippen molar-refractivity contribution in [3.05, 3.63) is 30.0 Å². The van der Waals surface area contributed by atoms with Gasteiger partial charge in [-0.15, -0.1) is 0 Å². The number of fused-ring (bicyclic) bond motifs is 1. The Kier molecular flexibility index (Phi) is 5.16. The zero-order valence-electron chi connectivity index (χ0n) is 15.6. The molecular formula is C21H29N3O2. The number of ether oxygens (including phenoxy) is 1. The van der Waals surface area contributed by atoms with Gasteiger partial charge in [-0.05, 0) is 70.0 Å². The van der Waals surface area contributed by atoms with Crippen LogP contribution in [0.5, 0.6) is 5.75 Å². The maximum atomic E-state index is 12.4. The maximum Gasteiger partial charge on any atom is 0.267 e. The monoisotopic (exact) mass is 355 g/mol. The van der Waals surface area contributed by atoms with Crippen LogP contribution in [-0.2, 0) is 0 Å². The number of hydrogen-bond donors (Lipinski definition) is 2. The lowest BCUT2D eigenvalue weighted by Crippen LogP contribution is -2.32. The van der Waals surface area contributed by atoms with Crippen LogP contribution < -0.4 is 10.1 Å². The van der Waals surface area contributed by atoms with E-state index in [-0.39, 0.29) is 5.91 Å². The fraction of sp³-hybridized carbons (Fsp3) is 0.571. The highest BCUT2D eigenvalue weighted by atomic mass is 16.5. The van der Waals surface area contributed by atoms with Gasteiger partial charge in [0.2, 0.25) is 0 Å². The molecule has 1 saturated carbocycles. The van der Waals surface area contributed by atoms with Crippen molar-refractivity contribution in [1.29, 1.82) is 0 Å². The van der Waals surface area contributed by atoms with Gasteiger partial charge in [0.15, 0.2) is 0 Å². The number of aromatic nitrogens is 1. The standard InChI is InChI=1S/C21H29N3O2/c1-24-11-4-7-17(24)10-12-26-18-8-9-19-15(13-18)14-20(23-19)21(25)22-16-5-2-3-6-16/h8-9,13-14,16-17,23H,2-7,10-12H2,1H3,(H,22,25). The third-order valence-electron chi connectivity index (χ3n) is 5.92. The summed E-state index contributed by atoms with van der Waals surface area (Å²) < 4.78 is 5.96. The zero-order chi connectivity index (χ0) is 17.9. The van der Waals surface area contributed by atoms with Crippen LogP contribution >= 0.6 is 0 Å². The lowest BCUT2D eigenvalue weighted by Gasteiger charge is -2.19. The molecule has 2 heterocycles. The second kappa shape index (κ2) is 7.70. The van der Waals surface area contributed by atoms with Crippen LogP contribution in [0.25, 0.3) is 10.9 Å². The predicted molar refractivity (Wildman–Crippen MR) is 104 cm³/mol. The molecule has 0 radical (unpaired) electrons. The van der Waals surface area contributed by atoms with Crippen LogP contribution in [0.4, 0.5) is 0 Å². The van der Waals surface area contributed by atoms with Gasteiger partial charge in [-0.3, -0.25) is 4.79 Å². The maximum absolute atomic E-state index is 12.4. The van der Waals surface area contributed by atoms with Crippen LogP contribution in [0.2, 0.25) is 0 Å². The Morgan fingerprint density at radius 2 is 2.08 bits per heavy atom. The third-order valence-corrected chi connectivity index (χ3v) is 5.92. The van der Waals surface area contributed by atoms with E-state index in [1.807, 2.05) is 24.3 Å². The molecule has 26 heavy (non-hydrogen) atoms. The molecule has 4 rings (SSSR count). The Hall–Kier alpha value is -2.01. The molecule has 1 aromatic carbocycles. The Bertz CT molecular complexity index is 764. The van der Waals surface area contributed by atoms with Crippen molar-refractivity contribution in [3.63, 3.8) is 0 Å². The first-order chi connectivity index (χ1) is 12.7. The highest BCUT2D eigenvalue weighted by Crippen LogP contribution is 2.24. The number of benzene rings is 1. The third kappa shape index (κ3) is 3.88. The Morgan fingerprint density at radius 3 is 2.85 bits per heavy atom. The summed E-state index contributed by atoms with van der Waals surface area (Å²) in [7, 11) is 2.20. The summed E-state index contributed by atoms with van der Waals surface area (Å²) in [6.07, 6.45) is 8.26. The summed E-state index contributed by atoms with van der Waals surface area (Å²) in [4.78, 5) is 18.1. The molecule has 1 saturated heterocycles. The number of aromatic amines is 1. The number of H-pyrrole nitrogens is 1. The van der Waals surface area contributed by atoms with Gasteiger partial charge in [0, 0.05) is 23.0 Å². The summed E-state index contributed by atoms with van der Waals surface area (Å²) in [6.45, 7) is 1.94. The first-order valence-electron chi connectivity index (χ1n) is 9.96. The van der Waals surface area contributed by atoms with E-state index in [2.05, 4.69) is 22.2 Å². The van der Waals surface area contributed by atoms with Crippen molar-refractivity contribution >= 4 is 16.8 Å². The van der Waals surface area contributed by atoms with Gasteiger partial charge in [0.1, 0.15) is 11.4 Å². The highest BCUT2D eigenvalue weighted by Gasteiger charge is 2.21. The minimum Gasteiger partial charge on any atom is -0.494 e. The molecule has 1 amide bonds. The largest absolute Gasteiger partial charge is 0.494 e. The molecule has 1 aliphatic carbocycles. The van der Waals surface area contributed by atoms with Gasteiger partial charge in [0.25, 0.3) is 5.91 Å². The van der Waals surface area contributed by atoms with Gasteiger partial charge in [-0.25, -0.2) is 0 Å². The average molecular weight is 355 g/mol. The molecule has 5 heteroatoms. The summed E-state index contributed by atoms with van der Waals surface area (Å²) in [5.41, 5.74) is 1.61. The molecule has 0 bridgehead atoms. The van der Waals surface area contributed by atoms with Gasteiger partial charge >= 0.3 is 0 Å². The second-order valence-corrected chi connectivity index (χ2v) is 7.80. The molecule has 1 aliphatic heterocycles. The van der Waals surface area contributed by atoms with Crippen LogP contribution in [0.15, 0.2) is 24.3 Å². The van der Waals surface area contributed by atoms with Crippen molar-refractivity contribution in [2.75, 3.05) is 20.2 Å². The van der Waals surface area contributed by atoms with Gasteiger partial charge in [0.05, 0.1) is 6.61 Å². The van der Waals surface area contributed by atoms with E-state index in [0.29, 0.717) is 17.8 Å². The van der Waals surface area contributed by atoms with Crippen molar-refractivity contribution < 1.29 is 9.53 Å². The SMILES string of the molecule is CN1CCCC1CCOc1ccc2[nH]c(C(=O)NC3CCCC3)cc2c1. The minimum absolute atomic E-state index is 0.000149. The van der Waals surface area contributed by atoms with Crippen LogP contribution in [0.1, 0.15) is 55.4 Å². The number of nitrogens with zero attached hydrogens (tertiary/aromatic N) is 1. The number of nitrogens with one attached hydrogen (secondary N) is 2. The van der Waals surface area contributed by atoms with Gasteiger partial charge < -0.3 is 19.9 Å². The summed E-state index contributed by atoms with van der Waals surface area (Å²) in [5, 5.41) is 4.16. The molecule has 2 fully saturated rings. The molecular weight excluding hydrogens is 326 g/mol. The lowest BCUT2D eigenvalue weighted by atomic mass is 10.1. The predicted octanol–water partition coefficient (Wildman–Crippen LogP) is 3.70. The topological polar surface area (TPSA) is 57.4 Å². The Morgan fingerprint density at radius 1 is 1.23 bits per heavy atom. The zero-order valence-corrected chi connectivity index (χ0v) is 15.6. The molecule has 2 N–H and O–H groups in total. The Balaban J connectivity index is 1.36. The van der Waals surface area contributed by atoms with Crippen molar-refractivity contribution in [2.45, 2.75) is 57.0 Å². The first-order valence-corrected chi connectivity index (χ1v) is 9.96. The smallest absolute Gasteiger partial charge is 0.267 e. The molecule has 140 valence electrons. The molecule has 2 aromatic rings. The second-order valence-electron chi connectivity index (χ2n) is 7.80. The van der Waals surface area contributed by atoms with Gasteiger partial charge in [-0.2, -0.15) is 0 Å².